The number of Topliss-reactive ketones (excluding diaryl/α,β-unsaturated/α-hetero) is 1. The van der Waals surface area contributed by atoms with Crippen molar-refractivity contribution in [2.75, 3.05) is 15.5 Å². The summed E-state index contributed by atoms with van der Waals surface area (Å²) in [5, 5.41) is 8.55. The molecular weight excluding hydrogens is 418 g/mol. The van der Waals surface area contributed by atoms with Gasteiger partial charge in [-0.1, -0.05) is 50.2 Å². The second kappa shape index (κ2) is 7.95. The van der Waals surface area contributed by atoms with E-state index in [1.165, 1.54) is 0 Å². The largest absolute Gasteiger partial charge is 0.357 e. The number of ketones is 1. The second-order valence-electron chi connectivity index (χ2n) is 9.06. The highest BCUT2D eigenvalue weighted by Gasteiger charge is 2.43. The first-order valence-corrected chi connectivity index (χ1v) is 11.6. The Balaban J connectivity index is 1.70. The molecule has 2 amide bonds. The van der Waals surface area contributed by atoms with Gasteiger partial charge in [0.1, 0.15) is 6.04 Å². The van der Waals surface area contributed by atoms with Crippen molar-refractivity contribution in [3.05, 3.63) is 88.3 Å². The summed E-state index contributed by atoms with van der Waals surface area (Å²) in [5.74, 6) is 0.0902. The quantitative estimate of drug-likeness (QED) is 0.469. The van der Waals surface area contributed by atoms with E-state index in [1.54, 1.807) is 16.2 Å². The third-order valence-electron chi connectivity index (χ3n) is 5.96. The lowest BCUT2D eigenvalue weighted by Crippen LogP contribution is -2.41. The summed E-state index contributed by atoms with van der Waals surface area (Å²) in [7, 11) is 0. The molecule has 0 radical (unpaired) electrons. The van der Waals surface area contributed by atoms with Crippen molar-refractivity contribution in [2.45, 2.75) is 32.7 Å². The van der Waals surface area contributed by atoms with E-state index in [4.69, 9.17) is 0 Å². The van der Waals surface area contributed by atoms with Crippen LogP contribution in [0.15, 0.2) is 83.4 Å². The first-order valence-electron chi connectivity index (χ1n) is 10.7. The van der Waals surface area contributed by atoms with Crippen molar-refractivity contribution < 1.29 is 9.59 Å². The summed E-state index contributed by atoms with van der Waals surface area (Å²) in [6.07, 6.45) is 1.21. The molecular formula is C26H25N3O2S. The number of benzene rings is 2. The van der Waals surface area contributed by atoms with E-state index >= 15 is 0 Å². The van der Waals surface area contributed by atoms with Gasteiger partial charge in [0.15, 0.2) is 5.78 Å². The molecule has 0 saturated carbocycles. The predicted octanol–water partition coefficient (Wildman–Crippen LogP) is 6.60. The fourth-order valence-corrected chi connectivity index (χ4v) is 5.46. The average Bonchev–Trinajstić information content (AvgIpc) is 3.23. The van der Waals surface area contributed by atoms with Crippen molar-refractivity contribution in [2.24, 2.45) is 5.41 Å². The Morgan fingerprint density at radius 3 is 2.53 bits per heavy atom. The van der Waals surface area contributed by atoms with Gasteiger partial charge in [-0.05, 0) is 47.5 Å². The van der Waals surface area contributed by atoms with Crippen LogP contribution in [0.1, 0.15) is 37.6 Å². The van der Waals surface area contributed by atoms with E-state index < -0.39 is 6.04 Å². The molecule has 0 spiro atoms. The molecule has 2 aromatic carbocycles. The zero-order valence-electron chi connectivity index (χ0n) is 18.1. The number of urea groups is 1. The molecule has 1 aliphatic carbocycles. The Bertz CT molecular complexity index is 1200. The normalized spacial score (nSPS) is 19.5. The van der Waals surface area contributed by atoms with Gasteiger partial charge in [0.2, 0.25) is 0 Å². The Morgan fingerprint density at radius 2 is 1.78 bits per heavy atom. The SMILES string of the molecule is CC1(C)CC(=O)C2=C(C1)Nc1ccccc1N(C(=O)Nc1ccccc1)C2c1cccs1. The molecule has 0 bridgehead atoms. The molecule has 1 atom stereocenters. The summed E-state index contributed by atoms with van der Waals surface area (Å²) >= 11 is 1.56. The number of amides is 2. The first kappa shape index (κ1) is 20.5. The van der Waals surface area contributed by atoms with Gasteiger partial charge in [-0.2, -0.15) is 0 Å². The van der Waals surface area contributed by atoms with Crippen LogP contribution in [0.3, 0.4) is 0 Å². The highest BCUT2D eigenvalue weighted by molar-refractivity contribution is 7.10. The third-order valence-corrected chi connectivity index (χ3v) is 6.88. The molecule has 5 rings (SSSR count). The fourth-order valence-electron chi connectivity index (χ4n) is 4.63. The highest BCUT2D eigenvalue weighted by Crippen LogP contribution is 2.49. The van der Waals surface area contributed by atoms with Gasteiger partial charge >= 0.3 is 6.03 Å². The molecule has 3 aromatic rings. The number of nitrogens with zero attached hydrogens (tertiary/aromatic N) is 1. The van der Waals surface area contributed by atoms with Crippen LogP contribution < -0.4 is 15.5 Å². The molecule has 5 nitrogen and oxygen atoms in total. The van der Waals surface area contributed by atoms with Crippen LogP contribution in [0.2, 0.25) is 0 Å². The number of carbonyl (C=O) groups excluding carboxylic acids is 2. The number of nitrogens with one attached hydrogen (secondary N) is 2. The number of hydrogen-bond acceptors (Lipinski definition) is 4. The Labute approximate surface area is 191 Å². The summed E-state index contributed by atoms with van der Waals surface area (Å²) in [5.41, 5.74) is 3.74. The van der Waals surface area contributed by atoms with Gasteiger partial charge in [0.05, 0.1) is 11.4 Å². The van der Waals surface area contributed by atoms with Crippen molar-refractivity contribution >= 4 is 40.2 Å². The monoisotopic (exact) mass is 443 g/mol. The molecule has 2 aliphatic rings. The molecule has 0 saturated heterocycles. The number of anilines is 3. The van der Waals surface area contributed by atoms with Crippen molar-refractivity contribution in [3.8, 4) is 0 Å². The summed E-state index contributed by atoms with van der Waals surface area (Å²) in [6.45, 7) is 4.24. The lowest BCUT2D eigenvalue weighted by atomic mass is 9.74. The maximum atomic E-state index is 13.8. The molecule has 1 unspecified atom stereocenters. The average molecular weight is 444 g/mol. The van der Waals surface area contributed by atoms with Crippen LogP contribution in [0.4, 0.5) is 21.9 Å². The van der Waals surface area contributed by atoms with Crippen LogP contribution >= 0.6 is 11.3 Å². The first-order chi connectivity index (χ1) is 15.4. The molecule has 6 heteroatoms. The van der Waals surface area contributed by atoms with Crippen LogP contribution in [-0.4, -0.2) is 11.8 Å². The molecule has 32 heavy (non-hydrogen) atoms. The number of para-hydroxylation sites is 3. The van der Waals surface area contributed by atoms with E-state index in [9.17, 15) is 9.59 Å². The topological polar surface area (TPSA) is 61.4 Å². The van der Waals surface area contributed by atoms with E-state index in [0.29, 0.717) is 17.7 Å². The molecule has 2 heterocycles. The van der Waals surface area contributed by atoms with E-state index in [2.05, 4.69) is 24.5 Å². The van der Waals surface area contributed by atoms with E-state index in [-0.39, 0.29) is 17.2 Å². The van der Waals surface area contributed by atoms with Gasteiger partial charge < -0.3 is 10.6 Å². The van der Waals surface area contributed by atoms with Gasteiger partial charge in [0, 0.05) is 28.3 Å². The third kappa shape index (κ3) is 3.71. The van der Waals surface area contributed by atoms with Gasteiger partial charge in [-0.25, -0.2) is 4.79 Å². The number of fused-ring (bicyclic) bond motifs is 1. The van der Waals surface area contributed by atoms with Gasteiger partial charge in [0.25, 0.3) is 0 Å². The van der Waals surface area contributed by atoms with Gasteiger partial charge in [-0.3, -0.25) is 9.69 Å². The maximum Gasteiger partial charge on any atom is 0.327 e. The van der Waals surface area contributed by atoms with Crippen LogP contribution in [0.25, 0.3) is 0 Å². The standard InChI is InChI=1S/C26H25N3O2S/c1-26(2)15-19-23(21(30)16-26)24(22-13-8-14-32-22)29(20-12-7-6-11-18(20)28-19)25(31)27-17-9-4-3-5-10-17/h3-14,24,28H,15-16H2,1-2H3,(H,27,31). The van der Waals surface area contributed by atoms with E-state index in [0.717, 1.165) is 28.4 Å². The fraction of sp³-hybridized carbons (Fsp3) is 0.231. The number of rotatable bonds is 2. The molecule has 1 aliphatic heterocycles. The highest BCUT2D eigenvalue weighted by atomic mass is 32.1. The Kier molecular flexibility index (Phi) is 5.10. The summed E-state index contributed by atoms with van der Waals surface area (Å²) in [6, 6.07) is 20.4. The number of carbonyl (C=O) groups is 2. The number of thiophene rings is 1. The van der Waals surface area contributed by atoms with Gasteiger partial charge in [-0.15, -0.1) is 11.3 Å². The molecule has 2 N–H and O–H groups in total. The lowest BCUT2D eigenvalue weighted by molar-refractivity contribution is -0.118. The minimum absolute atomic E-state index is 0.0902. The van der Waals surface area contributed by atoms with E-state index in [1.807, 2.05) is 72.1 Å². The van der Waals surface area contributed by atoms with Crippen LogP contribution in [0, 0.1) is 5.41 Å². The molecule has 1 aromatic heterocycles. The van der Waals surface area contributed by atoms with Crippen LogP contribution in [0.5, 0.6) is 0 Å². The second-order valence-corrected chi connectivity index (χ2v) is 10.0. The smallest absolute Gasteiger partial charge is 0.327 e. The Morgan fingerprint density at radius 1 is 1.03 bits per heavy atom. The molecule has 0 fully saturated rings. The number of allylic oxidation sites excluding steroid dienone is 1. The minimum Gasteiger partial charge on any atom is -0.357 e. The van der Waals surface area contributed by atoms with Crippen molar-refractivity contribution in [1.29, 1.82) is 0 Å². The van der Waals surface area contributed by atoms with Crippen molar-refractivity contribution in [1.82, 2.24) is 0 Å². The predicted molar refractivity (Wildman–Crippen MR) is 130 cm³/mol. The Hall–Kier alpha value is -3.38. The summed E-state index contributed by atoms with van der Waals surface area (Å²) in [4.78, 5) is 30.0. The van der Waals surface area contributed by atoms with Crippen molar-refractivity contribution in [3.63, 3.8) is 0 Å². The minimum atomic E-state index is -0.492. The zero-order valence-corrected chi connectivity index (χ0v) is 18.9. The molecule has 162 valence electrons. The zero-order chi connectivity index (χ0) is 22.3. The van der Waals surface area contributed by atoms with Crippen LogP contribution in [-0.2, 0) is 4.79 Å². The number of hydrogen-bond donors (Lipinski definition) is 2. The lowest BCUT2D eigenvalue weighted by Gasteiger charge is -2.36. The maximum absolute atomic E-state index is 13.8. The summed E-state index contributed by atoms with van der Waals surface area (Å²) < 4.78 is 0.